The molecule has 0 radical (unpaired) electrons. The van der Waals surface area contributed by atoms with Crippen molar-refractivity contribution in [3.05, 3.63) is 17.4 Å². The lowest BCUT2D eigenvalue weighted by Gasteiger charge is -2.25. The molecule has 0 aromatic carbocycles. The molecule has 2 rings (SSSR count). The monoisotopic (exact) mass is 259 g/mol. The molecule has 0 spiro atoms. The Labute approximate surface area is 104 Å². The minimum atomic E-state index is 0.0327. The van der Waals surface area contributed by atoms with Gasteiger partial charge in [-0.15, -0.1) is 5.23 Å². The molecule has 1 aromatic rings. The first-order valence-electron chi connectivity index (χ1n) is 5.34. The number of nitrogens with one attached hydrogen (secondary N) is 1. The summed E-state index contributed by atoms with van der Waals surface area (Å²) < 4.78 is 5.25. The summed E-state index contributed by atoms with van der Waals surface area (Å²) in [4.78, 5) is 3.79. The first-order valence-corrected chi connectivity index (χ1v) is 5.72. The summed E-state index contributed by atoms with van der Waals surface area (Å²) >= 11 is 5.78. The van der Waals surface area contributed by atoms with E-state index in [1.54, 1.807) is 6.07 Å². The zero-order valence-electron chi connectivity index (χ0n) is 9.14. The van der Waals surface area contributed by atoms with Crippen LogP contribution in [0.3, 0.4) is 0 Å². The predicted octanol–water partition coefficient (Wildman–Crippen LogP) is 1.91. The Morgan fingerprint density at radius 3 is 2.76 bits per heavy atom. The molecule has 1 fully saturated rings. The highest BCUT2D eigenvalue weighted by molar-refractivity contribution is 6.29. The van der Waals surface area contributed by atoms with Crippen molar-refractivity contribution < 1.29 is 15.2 Å². The van der Waals surface area contributed by atoms with Gasteiger partial charge in [0.15, 0.2) is 0 Å². The zero-order valence-corrected chi connectivity index (χ0v) is 9.89. The van der Waals surface area contributed by atoms with Crippen molar-refractivity contribution in [2.45, 2.75) is 18.9 Å². The van der Waals surface area contributed by atoms with Gasteiger partial charge in [-0.25, -0.2) is 4.98 Å². The number of aromatic nitrogens is 1. The lowest BCUT2D eigenvalue weighted by Crippen LogP contribution is -2.28. The Morgan fingerprint density at radius 1 is 1.41 bits per heavy atom. The summed E-state index contributed by atoms with van der Waals surface area (Å²) in [6.07, 6.45) is 3.04. The molecule has 3 N–H and O–H groups in total. The van der Waals surface area contributed by atoms with Crippen molar-refractivity contribution >= 4 is 23.0 Å². The highest BCUT2D eigenvalue weighted by Crippen LogP contribution is 2.27. The van der Waals surface area contributed by atoms with Crippen LogP contribution >= 0.6 is 11.6 Å². The fraction of sp³-hybridized carbons (Fsp3) is 0.500. The molecule has 1 aliphatic rings. The fourth-order valence-electron chi connectivity index (χ4n) is 1.76. The van der Waals surface area contributed by atoms with Crippen LogP contribution in [0.1, 0.15) is 12.8 Å². The van der Waals surface area contributed by atoms with Gasteiger partial charge in [-0.1, -0.05) is 11.6 Å². The van der Waals surface area contributed by atoms with E-state index in [0.717, 1.165) is 12.8 Å². The second kappa shape index (κ2) is 5.50. The normalized spacial score (nSPS) is 16.9. The van der Waals surface area contributed by atoms with E-state index in [0.29, 0.717) is 24.1 Å². The second-order valence-corrected chi connectivity index (χ2v) is 4.23. The van der Waals surface area contributed by atoms with Crippen molar-refractivity contribution in [1.82, 2.24) is 4.98 Å². The Bertz CT molecular complexity index is 383. The molecule has 0 bridgehead atoms. The van der Waals surface area contributed by atoms with Crippen molar-refractivity contribution in [1.29, 1.82) is 0 Å². The molecule has 0 amide bonds. The summed E-state index contributed by atoms with van der Waals surface area (Å²) in [5.41, 5.74) is 0.711. The molecule has 0 atom stereocenters. The molecule has 1 aromatic heterocycles. The highest BCUT2D eigenvalue weighted by Gasteiger charge is 2.17. The van der Waals surface area contributed by atoms with Crippen LogP contribution in [0, 0.1) is 0 Å². The number of hydrogen-bond donors (Lipinski definition) is 3. The smallest absolute Gasteiger partial charge is 0.136 e. The minimum absolute atomic E-state index is 0.0327. The van der Waals surface area contributed by atoms with Gasteiger partial charge in [0.1, 0.15) is 10.8 Å². The molecule has 0 unspecified atom stereocenters. The van der Waals surface area contributed by atoms with Crippen LogP contribution < -0.4 is 10.5 Å². The molecule has 1 aliphatic heterocycles. The van der Waals surface area contributed by atoms with Gasteiger partial charge in [0.25, 0.3) is 0 Å². The first-order chi connectivity index (χ1) is 8.16. The molecule has 94 valence electrons. The Kier molecular flexibility index (Phi) is 4.01. The molecule has 7 heteroatoms. The van der Waals surface area contributed by atoms with E-state index in [1.165, 1.54) is 6.20 Å². The van der Waals surface area contributed by atoms with Crippen LogP contribution in [0.2, 0.25) is 5.15 Å². The molecule has 0 saturated carbocycles. The molecule has 1 saturated heterocycles. The lowest BCUT2D eigenvalue weighted by atomic mass is 10.1. The molecule has 2 heterocycles. The maximum Gasteiger partial charge on any atom is 0.136 e. The lowest BCUT2D eigenvalue weighted by molar-refractivity contribution is 0.0293. The largest absolute Gasteiger partial charge is 0.381 e. The third-order valence-electron chi connectivity index (χ3n) is 2.65. The Hall–Kier alpha value is -1.08. The van der Waals surface area contributed by atoms with Crippen LogP contribution in [-0.4, -0.2) is 34.7 Å². The van der Waals surface area contributed by atoms with Crippen molar-refractivity contribution in [2.75, 3.05) is 23.8 Å². The molecule has 6 nitrogen and oxygen atoms in total. The Balaban J connectivity index is 2.14. The Morgan fingerprint density at radius 2 is 2.12 bits per heavy atom. The van der Waals surface area contributed by atoms with E-state index >= 15 is 0 Å². The number of hydrogen-bond acceptors (Lipinski definition) is 6. The average molecular weight is 260 g/mol. The van der Waals surface area contributed by atoms with Crippen LogP contribution in [0.4, 0.5) is 11.4 Å². The SMILES string of the molecule is ON(O)c1cnc(Cl)cc1NC1CCOCC1. The van der Waals surface area contributed by atoms with Crippen molar-refractivity contribution in [2.24, 2.45) is 0 Å². The van der Waals surface area contributed by atoms with E-state index in [4.69, 9.17) is 26.8 Å². The molecular formula is C10H14ClN3O3. The summed E-state index contributed by atoms with van der Waals surface area (Å²) in [6, 6.07) is 1.80. The molecular weight excluding hydrogens is 246 g/mol. The van der Waals surface area contributed by atoms with Gasteiger partial charge >= 0.3 is 0 Å². The van der Waals surface area contributed by atoms with Gasteiger partial charge < -0.3 is 10.1 Å². The van der Waals surface area contributed by atoms with Gasteiger partial charge in [-0.2, -0.15) is 0 Å². The minimum Gasteiger partial charge on any atom is -0.381 e. The van der Waals surface area contributed by atoms with Crippen LogP contribution in [0.15, 0.2) is 12.3 Å². The first kappa shape index (κ1) is 12.4. The van der Waals surface area contributed by atoms with E-state index in [1.807, 2.05) is 0 Å². The maximum atomic E-state index is 9.07. The van der Waals surface area contributed by atoms with Gasteiger partial charge in [-0.3, -0.25) is 10.4 Å². The average Bonchev–Trinajstić information content (AvgIpc) is 2.30. The number of rotatable bonds is 3. The van der Waals surface area contributed by atoms with E-state index in [-0.39, 0.29) is 17.0 Å². The van der Waals surface area contributed by atoms with Crippen LogP contribution in [-0.2, 0) is 4.74 Å². The molecule has 0 aliphatic carbocycles. The summed E-state index contributed by atoms with van der Waals surface area (Å²) in [7, 11) is 0. The van der Waals surface area contributed by atoms with Gasteiger partial charge in [-0.05, 0) is 12.8 Å². The maximum absolute atomic E-state index is 9.07. The predicted molar refractivity (Wildman–Crippen MR) is 62.8 cm³/mol. The standard InChI is InChI=1S/C10H14ClN3O3/c11-10-5-8(9(6-12-10)14(15)16)13-7-1-3-17-4-2-7/h5-7,15-16H,1-4H2,(H,12,13). The summed E-state index contributed by atoms with van der Waals surface area (Å²) in [5.74, 6) is 0. The number of anilines is 2. The molecule has 17 heavy (non-hydrogen) atoms. The van der Waals surface area contributed by atoms with Crippen LogP contribution in [0.25, 0.3) is 0 Å². The zero-order chi connectivity index (χ0) is 12.3. The van der Waals surface area contributed by atoms with Crippen molar-refractivity contribution in [3.8, 4) is 0 Å². The van der Waals surface area contributed by atoms with Gasteiger partial charge in [0.05, 0.1) is 11.9 Å². The van der Waals surface area contributed by atoms with Crippen molar-refractivity contribution in [3.63, 3.8) is 0 Å². The summed E-state index contributed by atoms with van der Waals surface area (Å²) in [5, 5.41) is 21.7. The van der Waals surface area contributed by atoms with E-state index in [2.05, 4.69) is 10.3 Å². The number of halogens is 1. The van der Waals surface area contributed by atoms with Gasteiger partial charge in [0.2, 0.25) is 0 Å². The topological polar surface area (TPSA) is 77.9 Å². The quantitative estimate of drug-likeness (QED) is 0.569. The third kappa shape index (κ3) is 3.19. The second-order valence-electron chi connectivity index (χ2n) is 3.84. The van der Waals surface area contributed by atoms with Gasteiger partial charge in [0, 0.05) is 25.3 Å². The van der Waals surface area contributed by atoms with Crippen LogP contribution in [0.5, 0.6) is 0 Å². The summed E-state index contributed by atoms with van der Waals surface area (Å²) in [6.45, 7) is 1.40. The van der Waals surface area contributed by atoms with E-state index < -0.39 is 0 Å². The third-order valence-corrected chi connectivity index (χ3v) is 2.85. The number of pyridine rings is 1. The highest BCUT2D eigenvalue weighted by atomic mass is 35.5. The fourth-order valence-corrected chi connectivity index (χ4v) is 1.92. The van der Waals surface area contributed by atoms with E-state index in [9.17, 15) is 0 Å². The number of ether oxygens (including phenoxy) is 1. The number of nitrogens with zero attached hydrogens (tertiary/aromatic N) is 2.